The van der Waals surface area contributed by atoms with Gasteiger partial charge in [0.05, 0.1) is 5.69 Å². The SMILES string of the molecule is Cc1ccc(N2CC3(CC3)CC(Cl)(Cl)C2=O)c(F)c1. The number of carbonyl (C=O) groups excluding carboxylic acids is 1. The molecule has 1 aromatic rings. The van der Waals surface area contributed by atoms with Gasteiger partial charge in [-0.3, -0.25) is 4.79 Å². The van der Waals surface area contributed by atoms with Gasteiger partial charge in [-0.05, 0) is 49.3 Å². The quantitative estimate of drug-likeness (QED) is 0.722. The second-order valence-corrected chi connectivity index (χ2v) is 7.21. The molecule has 1 saturated carbocycles. The van der Waals surface area contributed by atoms with Gasteiger partial charge < -0.3 is 4.90 Å². The largest absolute Gasteiger partial charge is 0.306 e. The molecule has 0 N–H and O–H groups in total. The highest BCUT2D eigenvalue weighted by Gasteiger charge is 2.57. The van der Waals surface area contributed by atoms with Crippen molar-refractivity contribution < 1.29 is 9.18 Å². The van der Waals surface area contributed by atoms with E-state index >= 15 is 0 Å². The molecule has 2 aliphatic rings. The van der Waals surface area contributed by atoms with E-state index < -0.39 is 16.1 Å². The predicted octanol–water partition coefficient (Wildman–Crippen LogP) is 3.82. The number of hydrogen-bond acceptors (Lipinski definition) is 1. The first-order chi connectivity index (χ1) is 8.83. The molecule has 0 atom stereocenters. The van der Waals surface area contributed by atoms with E-state index in [2.05, 4.69) is 0 Å². The van der Waals surface area contributed by atoms with Crippen molar-refractivity contribution in [2.24, 2.45) is 5.41 Å². The van der Waals surface area contributed by atoms with Crippen LogP contribution in [-0.2, 0) is 4.79 Å². The molecule has 1 heterocycles. The van der Waals surface area contributed by atoms with E-state index in [9.17, 15) is 9.18 Å². The number of benzene rings is 1. The van der Waals surface area contributed by atoms with Crippen LogP contribution in [0.15, 0.2) is 18.2 Å². The number of rotatable bonds is 1. The molecule has 1 spiro atoms. The molecule has 102 valence electrons. The van der Waals surface area contributed by atoms with Gasteiger partial charge in [0.25, 0.3) is 5.91 Å². The number of aryl methyl sites for hydroxylation is 1. The molecule has 0 aromatic heterocycles. The fourth-order valence-corrected chi connectivity index (χ4v) is 3.52. The normalized spacial score (nSPS) is 23.8. The third kappa shape index (κ3) is 2.23. The first kappa shape index (κ1) is 13.2. The molecular formula is C14H14Cl2FNO. The number of carbonyl (C=O) groups is 1. The Morgan fingerprint density at radius 2 is 2.00 bits per heavy atom. The molecule has 5 heteroatoms. The maximum atomic E-state index is 14.1. The number of nitrogens with zero attached hydrogens (tertiary/aromatic N) is 1. The summed E-state index contributed by atoms with van der Waals surface area (Å²) in [6.45, 7) is 2.31. The van der Waals surface area contributed by atoms with Gasteiger partial charge in [-0.1, -0.05) is 29.3 Å². The molecule has 2 fully saturated rings. The Labute approximate surface area is 121 Å². The molecule has 1 amide bonds. The highest BCUT2D eigenvalue weighted by molar-refractivity contribution is 6.59. The zero-order valence-electron chi connectivity index (χ0n) is 10.5. The van der Waals surface area contributed by atoms with Crippen molar-refractivity contribution in [1.29, 1.82) is 0 Å². The zero-order valence-corrected chi connectivity index (χ0v) is 12.1. The minimum atomic E-state index is -1.44. The van der Waals surface area contributed by atoms with Gasteiger partial charge in [-0.2, -0.15) is 0 Å². The molecular weight excluding hydrogens is 288 g/mol. The Kier molecular flexibility index (Phi) is 2.84. The van der Waals surface area contributed by atoms with Gasteiger partial charge >= 0.3 is 0 Å². The van der Waals surface area contributed by atoms with Crippen LogP contribution in [-0.4, -0.2) is 16.8 Å². The van der Waals surface area contributed by atoms with Crippen molar-refractivity contribution in [2.75, 3.05) is 11.4 Å². The van der Waals surface area contributed by atoms with Crippen LogP contribution >= 0.6 is 23.2 Å². The van der Waals surface area contributed by atoms with Crippen LogP contribution < -0.4 is 4.90 Å². The lowest BCUT2D eigenvalue weighted by molar-refractivity contribution is -0.121. The minimum Gasteiger partial charge on any atom is -0.306 e. The van der Waals surface area contributed by atoms with Crippen LogP contribution in [0.3, 0.4) is 0 Å². The molecule has 0 unspecified atom stereocenters. The molecule has 1 aliphatic carbocycles. The average Bonchev–Trinajstić information content (AvgIpc) is 3.03. The minimum absolute atomic E-state index is 0.0191. The molecule has 0 bridgehead atoms. The van der Waals surface area contributed by atoms with Crippen LogP contribution in [0.25, 0.3) is 0 Å². The fraction of sp³-hybridized carbons (Fsp3) is 0.500. The molecule has 19 heavy (non-hydrogen) atoms. The Balaban J connectivity index is 2.00. The van der Waals surface area contributed by atoms with Gasteiger partial charge in [0, 0.05) is 6.54 Å². The van der Waals surface area contributed by atoms with Gasteiger partial charge in [0.1, 0.15) is 5.82 Å². The average molecular weight is 302 g/mol. The highest BCUT2D eigenvalue weighted by atomic mass is 35.5. The lowest BCUT2D eigenvalue weighted by Crippen LogP contribution is -2.52. The van der Waals surface area contributed by atoms with Gasteiger partial charge in [-0.25, -0.2) is 4.39 Å². The number of anilines is 1. The summed E-state index contributed by atoms with van der Waals surface area (Å²) in [4.78, 5) is 13.7. The third-order valence-electron chi connectivity index (χ3n) is 4.00. The van der Waals surface area contributed by atoms with Crippen molar-refractivity contribution in [3.05, 3.63) is 29.6 Å². The smallest absolute Gasteiger partial charge is 0.263 e. The van der Waals surface area contributed by atoms with Crippen LogP contribution in [0, 0.1) is 18.2 Å². The number of halogens is 3. The molecule has 1 saturated heterocycles. The van der Waals surface area contributed by atoms with Crippen molar-refractivity contribution in [1.82, 2.24) is 0 Å². The second-order valence-electron chi connectivity index (χ2n) is 5.73. The van der Waals surface area contributed by atoms with Gasteiger partial charge in [-0.15, -0.1) is 0 Å². The van der Waals surface area contributed by atoms with Crippen LogP contribution in [0.2, 0.25) is 0 Å². The standard InChI is InChI=1S/C14H14Cl2FNO/c1-9-2-3-11(10(17)6-9)18-8-13(4-5-13)7-14(15,16)12(18)19/h2-3,6H,4-5,7-8H2,1H3. The van der Waals surface area contributed by atoms with E-state index in [0.29, 0.717) is 13.0 Å². The van der Waals surface area contributed by atoms with E-state index in [1.54, 1.807) is 19.1 Å². The Hall–Kier alpha value is -0.800. The third-order valence-corrected chi connectivity index (χ3v) is 4.59. The van der Waals surface area contributed by atoms with Crippen molar-refractivity contribution in [3.8, 4) is 0 Å². The molecule has 2 nitrogen and oxygen atoms in total. The van der Waals surface area contributed by atoms with Crippen LogP contribution in [0.5, 0.6) is 0 Å². The lowest BCUT2D eigenvalue weighted by Gasteiger charge is -2.39. The summed E-state index contributed by atoms with van der Waals surface area (Å²) in [6, 6.07) is 4.82. The number of piperidine rings is 1. The first-order valence-corrected chi connectivity index (χ1v) is 7.05. The van der Waals surface area contributed by atoms with E-state index in [1.165, 1.54) is 11.0 Å². The van der Waals surface area contributed by atoms with Crippen LogP contribution in [0.4, 0.5) is 10.1 Å². The number of amides is 1. The molecule has 3 rings (SSSR count). The summed E-state index contributed by atoms with van der Waals surface area (Å²) in [7, 11) is 0. The van der Waals surface area contributed by atoms with E-state index in [0.717, 1.165) is 18.4 Å². The molecule has 0 radical (unpaired) electrons. The van der Waals surface area contributed by atoms with E-state index in [-0.39, 0.29) is 11.1 Å². The van der Waals surface area contributed by atoms with Crippen LogP contribution in [0.1, 0.15) is 24.8 Å². The topological polar surface area (TPSA) is 20.3 Å². The maximum absolute atomic E-state index is 14.1. The van der Waals surface area contributed by atoms with E-state index in [1.807, 2.05) is 0 Å². The summed E-state index contributed by atoms with van der Waals surface area (Å²) < 4.78 is 12.6. The fourth-order valence-electron chi connectivity index (χ4n) is 2.74. The Morgan fingerprint density at radius 1 is 1.32 bits per heavy atom. The van der Waals surface area contributed by atoms with Gasteiger partial charge in [0.15, 0.2) is 4.33 Å². The second kappa shape index (κ2) is 4.10. The molecule has 1 aromatic carbocycles. The summed E-state index contributed by atoms with van der Waals surface area (Å²) in [6.07, 6.45) is 2.45. The zero-order chi connectivity index (χ0) is 13.8. The van der Waals surface area contributed by atoms with Crippen molar-refractivity contribution in [3.63, 3.8) is 0 Å². The summed E-state index contributed by atoms with van der Waals surface area (Å²) in [5.41, 5.74) is 1.07. The summed E-state index contributed by atoms with van der Waals surface area (Å²) in [5, 5.41) is 0. The maximum Gasteiger partial charge on any atom is 0.263 e. The number of alkyl halides is 2. The Bertz CT molecular complexity index is 554. The summed E-state index contributed by atoms with van der Waals surface area (Å²) >= 11 is 12.3. The van der Waals surface area contributed by atoms with Crippen molar-refractivity contribution >= 4 is 34.8 Å². The lowest BCUT2D eigenvalue weighted by atomic mass is 9.93. The first-order valence-electron chi connectivity index (χ1n) is 6.29. The molecule has 1 aliphatic heterocycles. The monoisotopic (exact) mass is 301 g/mol. The Morgan fingerprint density at radius 3 is 2.58 bits per heavy atom. The highest BCUT2D eigenvalue weighted by Crippen LogP contribution is 2.57. The predicted molar refractivity (Wildman–Crippen MR) is 74.2 cm³/mol. The van der Waals surface area contributed by atoms with Gasteiger partial charge in [0.2, 0.25) is 0 Å². The van der Waals surface area contributed by atoms with E-state index in [4.69, 9.17) is 23.2 Å². The number of hydrogen-bond donors (Lipinski definition) is 0. The summed E-state index contributed by atoms with van der Waals surface area (Å²) in [5.74, 6) is -0.828. The van der Waals surface area contributed by atoms with Crippen molar-refractivity contribution in [2.45, 2.75) is 30.5 Å².